The standard InChI is InChI=1S/C16H11F9N4O3/c17-14(18,19)6-31-11-5-10(28-13(29-11)32-7-15(20,21)22)27-12(30)26-9-3-1-8(2-4-9)16(23,24)25/h1-5H,6-7H2,(H2,26,27,28,29,30). The van der Waals surface area contributed by atoms with Crippen molar-refractivity contribution >= 4 is 17.5 Å². The molecule has 0 spiro atoms. The molecule has 2 N–H and O–H groups in total. The molecule has 2 aromatic rings. The van der Waals surface area contributed by atoms with E-state index < -0.39 is 61.0 Å². The van der Waals surface area contributed by atoms with E-state index in [1.54, 1.807) is 0 Å². The normalized spacial score (nSPS) is 12.3. The SMILES string of the molecule is O=C(Nc1ccc(C(F)(F)F)cc1)Nc1cc(OCC(F)(F)F)nc(OCC(F)(F)F)n1. The maximum atomic E-state index is 12.5. The van der Waals surface area contributed by atoms with Gasteiger partial charge in [-0.3, -0.25) is 5.32 Å². The summed E-state index contributed by atoms with van der Waals surface area (Å²) in [6.07, 6.45) is -14.2. The molecule has 0 atom stereocenters. The van der Waals surface area contributed by atoms with Gasteiger partial charge in [-0.25, -0.2) is 4.79 Å². The minimum absolute atomic E-state index is 0.105. The summed E-state index contributed by atoms with van der Waals surface area (Å²) in [6.45, 7) is -3.73. The molecule has 0 unspecified atom stereocenters. The number of halogens is 9. The second-order valence-electron chi connectivity index (χ2n) is 5.84. The average Bonchev–Trinajstić information content (AvgIpc) is 2.63. The van der Waals surface area contributed by atoms with Crippen LogP contribution in [0.25, 0.3) is 0 Å². The van der Waals surface area contributed by atoms with Crippen molar-refractivity contribution in [3.05, 3.63) is 35.9 Å². The number of aromatic nitrogens is 2. The predicted octanol–water partition coefficient (Wildman–Crippen LogP) is 5.02. The van der Waals surface area contributed by atoms with Crippen LogP contribution in [-0.2, 0) is 6.18 Å². The fraction of sp³-hybridized carbons (Fsp3) is 0.312. The molecule has 0 bridgehead atoms. The zero-order valence-electron chi connectivity index (χ0n) is 15.3. The molecule has 0 saturated carbocycles. The number of nitrogens with one attached hydrogen (secondary N) is 2. The molecular weight excluding hydrogens is 467 g/mol. The van der Waals surface area contributed by atoms with E-state index >= 15 is 0 Å². The van der Waals surface area contributed by atoms with Crippen molar-refractivity contribution in [1.82, 2.24) is 9.97 Å². The lowest BCUT2D eigenvalue weighted by Gasteiger charge is -2.13. The molecule has 1 aromatic carbocycles. The molecule has 1 aromatic heterocycles. The van der Waals surface area contributed by atoms with E-state index in [-0.39, 0.29) is 5.69 Å². The Kier molecular flexibility index (Phi) is 7.25. The van der Waals surface area contributed by atoms with Crippen LogP contribution in [0.15, 0.2) is 30.3 Å². The van der Waals surface area contributed by atoms with Gasteiger partial charge in [0.2, 0.25) is 5.88 Å². The molecule has 7 nitrogen and oxygen atoms in total. The Morgan fingerprint density at radius 1 is 0.812 bits per heavy atom. The zero-order valence-corrected chi connectivity index (χ0v) is 15.3. The number of rotatable bonds is 6. The van der Waals surface area contributed by atoms with Gasteiger partial charge in [-0.1, -0.05) is 0 Å². The number of anilines is 2. The van der Waals surface area contributed by atoms with Gasteiger partial charge in [0.05, 0.1) is 5.56 Å². The van der Waals surface area contributed by atoms with Crippen molar-refractivity contribution in [2.75, 3.05) is 23.8 Å². The van der Waals surface area contributed by atoms with Gasteiger partial charge in [0, 0.05) is 11.8 Å². The van der Waals surface area contributed by atoms with Crippen LogP contribution < -0.4 is 20.1 Å². The Bertz CT molecular complexity index is 892. The van der Waals surface area contributed by atoms with Gasteiger partial charge in [-0.05, 0) is 24.3 Å². The molecule has 16 heteroatoms. The van der Waals surface area contributed by atoms with Gasteiger partial charge in [-0.15, -0.1) is 0 Å². The first-order valence-electron chi connectivity index (χ1n) is 8.14. The van der Waals surface area contributed by atoms with E-state index in [2.05, 4.69) is 24.8 Å². The van der Waals surface area contributed by atoms with Crippen LogP contribution >= 0.6 is 0 Å². The minimum atomic E-state index is -4.82. The van der Waals surface area contributed by atoms with Gasteiger partial charge in [0.15, 0.2) is 13.2 Å². The van der Waals surface area contributed by atoms with Gasteiger partial charge < -0.3 is 14.8 Å². The zero-order chi connectivity index (χ0) is 24.2. The first-order chi connectivity index (χ1) is 14.6. The van der Waals surface area contributed by atoms with Crippen molar-refractivity contribution in [3.63, 3.8) is 0 Å². The smallest absolute Gasteiger partial charge is 0.422 e. The second-order valence-corrected chi connectivity index (χ2v) is 5.84. The monoisotopic (exact) mass is 478 g/mol. The number of benzene rings is 1. The Balaban J connectivity index is 2.14. The van der Waals surface area contributed by atoms with E-state index in [9.17, 15) is 44.3 Å². The van der Waals surface area contributed by atoms with Gasteiger partial charge >= 0.3 is 30.6 Å². The molecule has 0 radical (unpaired) electrons. The Morgan fingerprint density at radius 2 is 1.38 bits per heavy atom. The molecule has 0 fully saturated rings. The molecule has 176 valence electrons. The lowest BCUT2D eigenvalue weighted by atomic mass is 10.2. The van der Waals surface area contributed by atoms with Crippen LogP contribution in [0.4, 0.5) is 55.8 Å². The highest BCUT2D eigenvalue weighted by atomic mass is 19.4. The molecular formula is C16H11F9N4O3. The van der Waals surface area contributed by atoms with Crippen LogP contribution in [0.5, 0.6) is 11.9 Å². The largest absolute Gasteiger partial charge is 0.468 e. The topological polar surface area (TPSA) is 85.4 Å². The number of urea groups is 1. The second kappa shape index (κ2) is 9.35. The summed E-state index contributed by atoms with van der Waals surface area (Å²) < 4.78 is 120. The highest BCUT2D eigenvalue weighted by molar-refractivity contribution is 5.99. The summed E-state index contributed by atoms with van der Waals surface area (Å²) in [5, 5.41) is 4.07. The number of nitrogens with zero attached hydrogens (tertiary/aromatic N) is 2. The van der Waals surface area contributed by atoms with E-state index in [0.717, 1.165) is 12.1 Å². The summed E-state index contributed by atoms with van der Waals surface area (Å²) in [4.78, 5) is 18.6. The van der Waals surface area contributed by atoms with E-state index in [1.807, 2.05) is 5.32 Å². The van der Waals surface area contributed by atoms with Crippen LogP contribution in [0, 0.1) is 0 Å². The molecule has 0 aliphatic heterocycles. The van der Waals surface area contributed by atoms with Gasteiger partial charge in [0.1, 0.15) is 5.82 Å². The van der Waals surface area contributed by atoms with Crippen molar-refractivity contribution in [3.8, 4) is 11.9 Å². The van der Waals surface area contributed by atoms with Crippen molar-refractivity contribution in [2.45, 2.75) is 18.5 Å². The van der Waals surface area contributed by atoms with Crippen molar-refractivity contribution < 1.29 is 53.8 Å². The van der Waals surface area contributed by atoms with Crippen LogP contribution in [0.3, 0.4) is 0 Å². The maximum absolute atomic E-state index is 12.5. The Labute approximate surface area is 172 Å². The number of carbonyl (C=O) groups is 1. The lowest BCUT2D eigenvalue weighted by Crippen LogP contribution is -2.23. The van der Waals surface area contributed by atoms with E-state index in [1.165, 1.54) is 0 Å². The third-order valence-electron chi connectivity index (χ3n) is 3.14. The van der Waals surface area contributed by atoms with Crippen molar-refractivity contribution in [2.24, 2.45) is 0 Å². The highest BCUT2D eigenvalue weighted by Crippen LogP contribution is 2.30. The predicted molar refractivity (Wildman–Crippen MR) is 89.2 cm³/mol. The van der Waals surface area contributed by atoms with Gasteiger partial charge in [-0.2, -0.15) is 49.5 Å². The molecule has 1 heterocycles. The van der Waals surface area contributed by atoms with Crippen molar-refractivity contribution in [1.29, 1.82) is 0 Å². The maximum Gasteiger partial charge on any atom is 0.422 e. The number of amides is 2. The number of carbonyl (C=O) groups excluding carboxylic acids is 1. The number of hydrogen-bond acceptors (Lipinski definition) is 5. The number of ether oxygens (including phenoxy) is 2. The Hall–Kier alpha value is -3.46. The third-order valence-corrected chi connectivity index (χ3v) is 3.14. The molecule has 0 saturated heterocycles. The molecule has 2 amide bonds. The third kappa shape index (κ3) is 8.73. The summed E-state index contributed by atoms with van der Waals surface area (Å²) in [6, 6.07) is 1.66. The molecule has 2 rings (SSSR count). The minimum Gasteiger partial charge on any atom is -0.468 e. The first-order valence-corrected chi connectivity index (χ1v) is 8.14. The average molecular weight is 478 g/mol. The first kappa shape index (κ1) is 24.8. The summed E-state index contributed by atoms with van der Waals surface area (Å²) in [5.41, 5.74) is -1.09. The number of hydrogen-bond donors (Lipinski definition) is 2. The van der Waals surface area contributed by atoms with E-state index in [0.29, 0.717) is 18.2 Å². The molecule has 0 aliphatic rings. The number of alkyl halides is 9. The van der Waals surface area contributed by atoms with Crippen LogP contribution in [0.1, 0.15) is 5.56 Å². The van der Waals surface area contributed by atoms with Crippen LogP contribution in [0.2, 0.25) is 0 Å². The molecule has 0 aliphatic carbocycles. The highest BCUT2D eigenvalue weighted by Gasteiger charge is 2.31. The molecule has 32 heavy (non-hydrogen) atoms. The van der Waals surface area contributed by atoms with E-state index in [4.69, 9.17) is 0 Å². The quantitative estimate of drug-likeness (QED) is 0.570. The lowest BCUT2D eigenvalue weighted by molar-refractivity contribution is -0.155. The fourth-order valence-electron chi connectivity index (χ4n) is 1.93. The summed E-state index contributed by atoms with van der Waals surface area (Å²) >= 11 is 0. The van der Waals surface area contributed by atoms with Crippen LogP contribution in [-0.4, -0.2) is 41.6 Å². The summed E-state index contributed by atoms with van der Waals surface area (Å²) in [5.74, 6) is -1.47. The van der Waals surface area contributed by atoms with Gasteiger partial charge in [0.25, 0.3) is 0 Å². The summed E-state index contributed by atoms with van der Waals surface area (Å²) in [7, 11) is 0. The Morgan fingerprint density at radius 3 is 1.91 bits per heavy atom. The fourth-order valence-corrected chi connectivity index (χ4v) is 1.93.